The molecule has 104 valence electrons. The summed E-state index contributed by atoms with van der Waals surface area (Å²) in [5.74, 6) is 5.15. The average Bonchev–Trinajstić information content (AvgIpc) is 2.64. The number of rotatable bonds is 3. The van der Waals surface area contributed by atoms with E-state index in [1.807, 2.05) is 0 Å². The number of hydrogen-bond acceptors (Lipinski definition) is 6. The summed E-state index contributed by atoms with van der Waals surface area (Å²) in [5.41, 5.74) is 2.29. The number of nitrogen functional groups attached to an aromatic ring is 1. The van der Waals surface area contributed by atoms with E-state index < -0.39 is 10.0 Å². The Kier molecular flexibility index (Phi) is 3.98. The van der Waals surface area contributed by atoms with Crippen LogP contribution in [0.15, 0.2) is 23.2 Å². The summed E-state index contributed by atoms with van der Waals surface area (Å²) in [7, 11) is -3.71. The molecule has 1 aromatic rings. The van der Waals surface area contributed by atoms with E-state index in [0.29, 0.717) is 19.5 Å². The van der Waals surface area contributed by atoms with Crippen molar-refractivity contribution in [1.82, 2.24) is 14.6 Å². The second-order valence-corrected chi connectivity index (χ2v) is 6.00. The van der Waals surface area contributed by atoms with E-state index in [2.05, 4.69) is 15.7 Å². The van der Waals surface area contributed by atoms with Crippen molar-refractivity contribution in [2.75, 3.05) is 25.1 Å². The maximum atomic E-state index is 12.4. The molecule has 9 heteroatoms. The van der Waals surface area contributed by atoms with Crippen LogP contribution in [0.5, 0.6) is 0 Å². The van der Waals surface area contributed by atoms with E-state index in [1.54, 1.807) is 0 Å². The van der Waals surface area contributed by atoms with Gasteiger partial charge in [0.25, 0.3) is 0 Å². The van der Waals surface area contributed by atoms with Crippen LogP contribution in [-0.2, 0) is 14.8 Å². The number of hydrogen-bond donors (Lipinski definition) is 3. The van der Waals surface area contributed by atoms with Crippen molar-refractivity contribution in [2.24, 2.45) is 5.84 Å². The van der Waals surface area contributed by atoms with Crippen molar-refractivity contribution in [1.29, 1.82) is 0 Å². The first-order chi connectivity index (χ1) is 9.04. The van der Waals surface area contributed by atoms with Crippen molar-refractivity contribution < 1.29 is 13.2 Å². The van der Waals surface area contributed by atoms with E-state index in [1.165, 1.54) is 18.3 Å². The molecule has 1 fully saturated rings. The first kappa shape index (κ1) is 13.7. The van der Waals surface area contributed by atoms with Crippen molar-refractivity contribution in [3.63, 3.8) is 0 Å². The van der Waals surface area contributed by atoms with E-state index >= 15 is 0 Å². The van der Waals surface area contributed by atoms with Gasteiger partial charge in [-0.15, -0.1) is 0 Å². The summed E-state index contributed by atoms with van der Waals surface area (Å²) in [6.07, 6.45) is 1.93. The molecule has 2 rings (SSSR count). The van der Waals surface area contributed by atoms with E-state index in [0.717, 1.165) is 4.31 Å². The molecule has 1 aliphatic rings. The zero-order valence-corrected chi connectivity index (χ0v) is 11.0. The lowest BCUT2D eigenvalue weighted by molar-refractivity contribution is -0.120. The zero-order valence-electron chi connectivity index (χ0n) is 10.2. The van der Waals surface area contributed by atoms with Gasteiger partial charge in [0.1, 0.15) is 5.82 Å². The number of hydrazine groups is 1. The molecule has 0 spiro atoms. The Bertz CT molecular complexity index is 574. The zero-order chi connectivity index (χ0) is 13.9. The molecule has 1 aliphatic heterocycles. The summed E-state index contributed by atoms with van der Waals surface area (Å²) >= 11 is 0. The fourth-order valence-corrected chi connectivity index (χ4v) is 3.23. The van der Waals surface area contributed by atoms with E-state index in [-0.39, 0.29) is 23.2 Å². The van der Waals surface area contributed by atoms with Crippen LogP contribution in [-0.4, -0.2) is 43.2 Å². The van der Waals surface area contributed by atoms with E-state index in [9.17, 15) is 13.2 Å². The molecule has 0 bridgehead atoms. The molecular formula is C10H15N5O3S. The lowest BCUT2D eigenvalue weighted by atomic mass is 10.4. The van der Waals surface area contributed by atoms with Gasteiger partial charge in [0.2, 0.25) is 15.9 Å². The smallest absolute Gasteiger partial charge is 0.243 e. The molecule has 8 nitrogen and oxygen atoms in total. The number of sulfonamides is 1. The molecule has 0 unspecified atom stereocenters. The monoisotopic (exact) mass is 285 g/mol. The van der Waals surface area contributed by atoms with Crippen molar-refractivity contribution in [3.05, 3.63) is 18.3 Å². The fourth-order valence-electron chi connectivity index (χ4n) is 1.78. The number of nitrogens with zero attached hydrogens (tertiary/aromatic N) is 2. The van der Waals surface area contributed by atoms with Crippen molar-refractivity contribution >= 4 is 21.7 Å². The second-order valence-electron chi connectivity index (χ2n) is 4.06. The Morgan fingerprint density at radius 2 is 2.26 bits per heavy atom. The number of amides is 1. The number of nitrogens with two attached hydrogens (primary N) is 1. The van der Waals surface area contributed by atoms with Crippen LogP contribution in [0, 0.1) is 0 Å². The predicted octanol–water partition coefficient (Wildman–Crippen LogP) is -1.12. The van der Waals surface area contributed by atoms with Gasteiger partial charge >= 0.3 is 0 Å². The maximum Gasteiger partial charge on any atom is 0.243 e. The Hall–Kier alpha value is -1.71. The van der Waals surface area contributed by atoms with Crippen molar-refractivity contribution in [2.45, 2.75) is 11.3 Å². The molecule has 19 heavy (non-hydrogen) atoms. The Morgan fingerprint density at radius 3 is 3.00 bits per heavy atom. The summed E-state index contributed by atoms with van der Waals surface area (Å²) in [6.45, 7) is 0.613. The van der Waals surface area contributed by atoms with Crippen LogP contribution >= 0.6 is 0 Å². The number of anilines is 1. The Balaban J connectivity index is 2.32. The maximum absolute atomic E-state index is 12.4. The third-order valence-corrected chi connectivity index (χ3v) is 4.58. The van der Waals surface area contributed by atoms with E-state index in [4.69, 9.17) is 5.84 Å². The number of carbonyl (C=O) groups is 1. The number of aromatic nitrogens is 1. The first-order valence-electron chi connectivity index (χ1n) is 5.73. The number of nitrogens with one attached hydrogen (secondary N) is 2. The van der Waals surface area contributed by atoms with Gasteiger partial charge < -0.3 is 10.7 Å². The van der Waals surface area contributed by atoms with Gasteiger partial charge in [-0.2, -0.15) is 4.31 Å². The van der Waals surface area contributed by atoms with Crippen LogP contribution < -0.4 is 16.6 Å². The minimum atomic E-state index is -3.71. The highest BCUT2D eigenvalue weighted by atomic mass is 32.2. The number of pyridine rings is 1. The molecule has 4 N–H and O–H groups in total. The van der Waals surface area contributed by atoms with Crippen molar-refractivity contribution in [3.8, 4) is 0 Å². The minimum absolute atomic E-state index is 0.0603. The van der Waals surface area contributed by atoms with Gasteiger partial charge in [0.15, 0.2) is 0 Å². The van der Waals surface area contributed by atoms with Crippen LogP contribution in [0.4, 0.5) is 5.82 Å². The Morgan fingerprint density at radius 1 is 1.47 bits per heavy atom. The summed E-state index contributed by atoms with van der Waals surface area (Å²) in [4.78, 5) is 15.3. The standard InChI is InChI=1S/C10H15N5O3S/c11-14-9-6-8(2-4-12-9)19(17,18)15-5-1-3-13-10(16)7-15/h2,4,6H,1,3,5,7,11H2,(H,12,14)(H,13,16). The SMILES string of the molecule is NNc1cc(S(=O)(=O)N2CCCNC(=O)C2)ccn1. The normalized spacial score (nSPS) is 17.6. The van der Waals surface area contributed by atoms with Crippen LogP contribution in [0.3, 0.4) is 0 Å². The molecule has 1 aromatic heterocycles. The molecular weight excluding hydrogens is 270 g/mol. The lowest BCUT2D eigenvalue weighted by Gasteiger charge is -2.18. The van der Waals surface area contributed by atoms with Gasteiger partial charge in [-0.25, -0.2) is 19.2 Å². The highest BCUT2D eigenvalue weighted by molar-refractivity contribution is 7.89. The third kappa shape index (κ3) is 3.00. The molecule has 0 aliphatic carbocycles. The molecule has 0 aromatic carbocycles. The average molecular weight is 285 g/mol. The first-order valence-corrected chi connectivity index (χ1v) is 7.17. The Labute approximate surface area is 111 Å². The predicted molar refractivity (Wildman–Crippen MR) is 68.4 cm³/mol. The van der Waals surface area contributed by atoms with Gasteiger partial charge in [-0.3, -0.25) is 4.79 Å². The fraction of sp³-hybridized carbons (Fsp3) is 0.400. The molecule has 2 heterocycles. The summed E-state index contributed by atoms with van der Waals surface area (Å²) < 4.78 is 26.0. The third-order valence-electron chi connectivity index (χ3n) is 2.74. The molecule has 1 amide bonds. The molecule has 0 radical (unpaired) electrons. The second kappa shape index (κ2) is 5.51. The quantitative estimate of drug-likeness (QED) is 0.478. The van der Waals surface area contributed by atoms with Gasteiger partial charge in [0, 0.05) is 25.4 Å². The van der Waals surface area contributed by atoms with Crippen LogP contribution in [0.25, 0.3) is 0 Å². The highest BCUT2D eigenvalue weighted by Crippen LogP contribution is 2.18. The van der Waals surface area contributed by atoms with Gasteiger partial charge in [-0.05, 0) is 12.5 Å². The van der Waals surface area contributed by atoms with Crippen LogP contribution in [0.2, 0.25) is 0 Å². The molecule has 0 saturated carbocycles. The largest absolute Gasteiger partial charge is 0.355 e. The topological polar surface area (TPSA) is 117 Å². The summed E-state index contributed by atoms with van der Waals surface area (Å²) in [5, 5.41) is 2.63. The lowest BCUT2D eigenvalue weighted by Crippen LogP contribution is -2.37. The van der Waals surface area contributed by atoms with Crippen LogP contribution in [0.1, 0.15) is 6.42 Å². The van der Waals surface area contributed by atoms with Gasteiger partial charge in [-0.1, -0.05) is 0 Å². The molecule has 1 saturated heterocycles. The summed E-state index contributed by atoms with van der Waals surface area (Å²) in [6, 6.07) is 2.71. The highest BCUT2D eigenvalue weighted by Gasteiger charge is 2.28. The van der Waals surface area contributed by atoms with Gasteiger partial charge in [0.05, 0.1) is 11.4 Å². The number of carbonyl (C=O) groups excluding carboxylic acids is 1. The molecule has 0 atom stereocenters. The minimum Gasteiger partial charge on any atom is -0.355 e.